The zero-order valence-electron chi connectivity index (χ0n) is 6.86. The fourth-order valence-electron chi connectivity index (χ4n) is 0.227. The summed E-state index contributed by atoms with van der Waals surface area (Å²) in [6.45, 7) is -0.250. The van der Waals surface area contributed by atoms with E-state index < -0.39 is 0 Å². The molecule has 4 heteroatoms. The second kappa shape index (κ2) is 10.5. The topological polar surface area (TPSA) is 50.4 Å². The number of rotatable bonds is 0. The van der Waals surface area contributed by atoms with Crippen LogP contribution in [0.15, 0.2) is 29.1 Å². The van der Waals surface area contributed by atoms with Crippen molar-refractivity contribution in [1.82, 2.24) is 0 Å². The van der Waals surface area contributed by atoms with Crippen LogP contribution in [0.5, 0.6) is 0 Å². The molecule has 0 aliphatic rings. The average molecular weight is 140 g/mol. The van der Waals surface area contributed by atoms with Crippen LogP contribution in [-0.4, -0.2) is 34.6 Å². The van der Waals surface area contributed by atoms with Gasteiger partial charge in [0, 0.05) is 0 Å². The van der Waals surface area contributed by atoms with Crippen molar-refractivity contribution in [2.75, 3.05) is 0 Å². The molecule has 9 heavy (non-hydrogen) atoms. The molecule has 48 valence electrons. The molecular weight excluding hydrogens is 132 g/mol. The third kappa shape index (κ3) is 11.2. The Labute approximate surface area is 71.8 Å². The third-order valence-electron chi connectivity index (χ3n) is 0.425. The van der Waals surface area contributed by atoms with Gasteiger partial charge in [-0.3, -0.25) is 4.79 Å². The summed E-state index contributed by atoms with van der Waals surface area (Å²) >= 11 is 0. The molecule has 0 atom stereocenters. The van der Waals surface area contributed by atoms with E-state index in [2.05, 4.69) is 4.42 Å². The normalized spacial score (nSPS) is 5.78. The molecule has 0 saturated heterocycles. The van der Waals surface area contributed by atoms with Gasteiger partial charge in [0.1, 0.15) is 0 Å². The van der Waals surface area contributed by atoms with E-state index in [1.807, 2.05) is 12.1 Å². The molecule has 0 aliphatic heterocycles. The zero-order chi connectivity index (χ0) is 6.24. The van der Waals surface area contributed by atoms with Gasteiger partial charge in [-0.05, 0) is 12.1 Å². The summed E-state index contributed by atoms with van der Waals surface area (Å²) in [5.41, 5.74) is 0. The molecule has 3 nitrogen and oxygen atoms in total. The first-order valence-corrected chi connectivity index (χ1v) is 1.97. The summed E-state index contributed by atoms with van der Waals surface area (Å²) in [7, 11) is 0. The molecule has 0 unspecified atom stereocenters. The fourth-order valence-corrected chi connectivity index (χ4v) is 0.227. The summed E-state index contributed by atoms with van der Waals surface area (Å²) in [6.07, 6.45) is 3.25. The summed E-state index contributed by atoms with van der Waals surface area (Å²) in [4.78, 5) is 8.36. The van der Waals surface area contributed by atoms with Gasteiger partial charge in [-0.25, -0.2) is 0 Å². The number of hydrogen-bond donors (Lipinski definition) is 1. The predicted octanol–water partition coefficient (Wildman–Crippen LogP) is 0.825. The van der Waals surface area contributed by atoms with E-state index >= 15 is 0 Å². The van der Waals surface area contributed by atoms with Crippen LogP contribution in [0.1, 0.15) is 2.85 Å². The minimum absolute atomic E-state index is 0. The quantitative estimate of drug-likeness (QED) is 0.429. The van der Waals surface area contributed by atoms with Gasteiger partial charge in [0.05, 0.1) is 12.5 Å². The zero-order valence-corrected chi connectivity index (χ0v) is 6.27. The Morgan fingerprint density at radius 3 is 1.89 bits per heavy atom. The van der Waals surface area contributed by atoms with Crippen LogP contribution >= 0.6 is 0 Å². The van der Waals surface area contributed by atoms with Gasteiger partial charge in [0.25, 0.3) is 6.47 Å². The molecule has 0 fully saturated rings. The molecule has 1 aromatic heterocycles. The molecule has 0 radical (unpaired) electrons. The van der Waals surface area contributed by atoms with E-state index in [1.165, 1.54) is 0 Å². The molecular formula is C5H8MgO3. The maximum atomic E-state index is 8.36. The van der Waals surface area contributed by atoms with Crippen LogP contribution in [-0.2, 0) is 4.79 Å². The molecule has 0 saturated carbocycles. The molecule has 1 N–H and O–H groups in total. The average Bonchev–Trinajstić information content (AvgIpc) is 2.17. The summed E-state index contributed by atoms with van der Waals surface area (Å²) in [6, 6.07) is 3.67. The van der Waals surface area contributed by atoms with E-state index in [4.69, 9.17) is 9.90 Å². The van der Waals surface area contributed by atoms with E-state index in [9.17, 15) is 0 Å². The second-order valence-electron chi connectivity index (χ2n) is 0.899. The first-order valence-electron chi connectivity index (χ1n) is 1.97. The smallest absolute Gasteiger partial charge is 1.00 e. The monoisotopic (exact) mass is 140 g/mol. The molecule has 0 amide bonds. The summed E-state index contributed by atoms with van der Waals surface area (Å²) < 4.78 is 4.58. The van der Waals surface area contributed by atoms with Crippen LogP contribution in [0.3, 0.4) is 0 Å². The van der Waals surface area contributed by atoms with Crippen molar-refractivity contribution < 1.29 is 17.2 Å². The molecule has 1 rings (SSSR count). The van der Waals surface area contributed by atoms with Crippen molar-refractivity contribution in [3.05, 3.63) is 24.7 Å². The van der Waals surface area contributed by atoms with Gasteiger partial charge in [-0.2, -0.15) is 0 Å². The number of carbonyl (C=O) groups is 1. The predicted molar refractivity (Wildman–Crippen MR) is 35.4 cm³/mol. The molecule has 0 aliphatic carbocycles. The Balaban J connectivity index is -0.0000000379. The summed E-state index contributed by atoms with van der Waals surface area (Å²) in [5.74, 6) is 0. The van der Waals surface area contributed by atoms with Gasteiger partial charge >= 0.3 is 23.1 Å². The molecule has 1 heterocycles. The Morgan fingerprint density at radius 1 is 1.44 bits per heavy atom. The Kier molecular flexibility index (Phi) is 13.2. The number of hydrogen-bond acceptors (Lipinski definition) is 2. The van der Waals surface area contributed by atoms with Crippen LogP contribution in [0.4, 0.5) is 0 Å². The van der Waals surface area contributed by atoms with Crippen molar-refractivity contribution in [1.29, 1.82) is 0 Å². The van der Waals surface area contributed by atoms with E-state index in [0.29, 0.717) is 0 Å². The van der Waals surface area contributed by atoms with E-state index in [0.717, 1.165) is 0 Å². The number of carboxylic acid groups (broad SMARTS) is 1. The Bertz CT molecular complexity index is 106. The van der Waals surface area contributed by atoms with E-state index in [1.54, 1.807) is 12.5 Å². The molecule has 0 aromatic carbocycles. The van der Waals surface area contributed by atoms with Crippen LogP contribution < -0.4 is 0 Å². The molecule has 0 spiro atoms. The fraction of sp³-hybridized carbons (Fsp3) is 0. The minimum atomic E-state index is -0.250. The standard InChI is InChI=1S/C4H4O.CH2O2.Mg.2H/c1-2-4-5-3-1;2-1-3;;;/h1-4H;1H,(H,2,3);;;/q;;+2;2*-1. The summed E-state index contributed by atoms with van der Waals surface area (Å²) in [5, 5.41) is 6.89. The van der Waals surface area contributed by atoms with Gasteiger partial charge < -0.3 is 12.4 Å². The Hall–Kier alpha value is -0.484. The first kappa shape index (κ1) is 11.3. The first-order chi connectivity index (χ1) is 3.91. The largest absolute Gasteiger partial charge is 2.00 e. The number of furan rings is 1. The molecule has 0 bridgehead atoms. The van der Waals surface area contributed by atoms with Gasteiger partial charge in [-0.1, -0.05) is 0 Å². The SMILES string of the molecule is O=CO.[H-].[H-].[Mg+2].c1ccoc1. The van der Waals surface area contributed by atoms with Crippen molar-refractivity contribution >= 4 is 29.5 Å². The Morgan fingerprint density at radius 2 is 1.78 bits per heavy atom. The van der Waals surface area contributed by atoms with Gasteiger partial charge in [0.15, 0.2) is 0 Å². The van der Waals surface area contributed by atoms with Crippen LogP contribution in [0, 0.1) is 0 Å². The molecule has 1 aromatic rings. The van der Waals surface area contributed by atoms with Crippen LogP contribution in [0.25, 0.3) is 0 Å². The second-order valence-corrected chi connectivity index (χ2v) is 0.899. The van der Waals surface area contributed by atoms with Gasteiger partial charge in [0.2, 0.25) is 0 Å². The van der Waals surface area contributed by atoms with E-state index in [-0.39, 0.29) is 32.4 Å². The van der Waals surface area contributed by atoms with Crippen molar-refractivity contribution in [3.8, 4) is 0 Å². The van der Waals surface area contributed by atoms with Crippen LogP contribution in [0.2, 0.25) is 0 Å². The van der Waals surface area contributed by atoms with Crippen molar-refractivity contribution in [2.24, 2.45) is 0 Å². The van der Waals surface area contributed by atoms with Crippen molar-refractivity contribution in [3.63, 3.8) is 0 Å². The maximum Gasteiger partial charge on any atom is 2.00 e. The van der Waals surface area contributed by atoms with Gasteiger partial charge in [-0.15, -0.1) is 0 Å². The minimum Gasteiger partial charge on any atom is -1.00 e. The van der Waals surface area contributed by atoms with Crippen molar-refractivity contribution in [2.45, 2.75) is 0 Å². The maximum absolute atomic E-state index is 8.36. The third-order valence-corrected chi connectivity index (χ3v) is 0.425.